The molecule has 1 saturated heterocycles. The van der Waals surface area contributed by atoms with E-state index in [1.165, 1.54) is 22.6 Å². The van der Waals surface area contributed by atoms with E-state index >= 15 is 0 Å². The van der Waals surface area contributed by atoms with E-state index in [9.17, 15) is 0 Å². The lowest BCUT2D eigenvalue weighted by atomic mass is 10.1. The molecule has 0 bridgehead atoms. The lowest BCUT2D eigenvalue weighted by molar-refractivity contribution is 0.000804. The summed E-state index contributed by atoms with van der Waals surface area (Å²) >= 11 is 1.88. The summed E-state index contributed by atoms with van der Waals surface area (Å²) in [4.78, 5) is 7.49. The number of rotatable bonds is 8. The second kappa shape index (κ2) is 8.99. The van der Waals surface area contributed by atoms with Crippen molar-refractivity contribution in [3.8, 4) is 0 Å². The van der Waals surface area contributed by atoms with Crippen molar-refractivity contribution in [3.63, 3.8) is 0 Å². The van der Waals surface area contributed by atoms with Crippen molar-refractivity contribution in [1.82, 2.24) is 9.80 Å². The molecule has 1 atom stereocenters. The molecule has 25 heavy (non-hydrogen) atoms. The zero-order valence-electron chi connectivity index (χ0n) is 15.7. The van der Waals surface area contributed by atoms with E-state index in [0.717, 1.165) is 50.7 Å². The van der Waals surface area contributed by atoms with Gasteiger partial charge in [0, 0.05) is 36.0 Å². The van der Waals surface area contributed by atoms with E-state index in [2.05, 4.69) is 55.1 Å². The van der Waals surface area contributed by atoms with Gasteiger partial charge in [-0.2, -0.15) is 0 Å². The molecule has 4 nitrogen and oxygen atoms in total. The fourth-order valence-corrected chi connectivity index (χ4v) is 4.12. The van der Waals surface area contributed by atoms with Crippen LogP contribution in [0, 0.1) is 6.92 Å². The molecule has 2 aromatic rings. The smallest absolute Gasteiger partial charge is 0.133 e. The Labute approximate surface area is 155 Å². The average molecular weight is 363 g/mol. The highest BCUT2D eigenvalue weighted by Gasteiger charge is 2.20. The van der Waals surface area contributed by atoms with Crippen LogP contribution in [0.15, 0.2) is 28.7 Å². The Balaban J connectivity index is 1.63. The van der Waals surface area contributed by atoms with Gasteiger partial charge in [0.25, 0.3) is 0 Å². The van der Waals surface area contributed by atoms with E-state index in [-0.39, 0.29) is 6.10 Å². The number of likely N-dealkylation sites (N-methyl/N-ethyl adjacent to an activating group) is 1. The number of hydrogen-bond acceptors (Lipinski definition) is 5. The second-order valence-corrected chi connectivity index (χ2v) is 8.56. The monoisotopic (exact) mass is 362 g/mol. The van der Waals surface area contributed by atoms with Gasteiger partial charge in [0.2, 0.25) is 0 Å². The van der Waals surface area contributed by atoms with Crippen LogP contribution in [0.5, 0.6) is 0 Å². The summed E-state index contributed by atoms with van der Waals surface area (Å²) in [6.07, 6.45) is 3.62. The molecule has 1 fully saturated rings. The molecular formula is C20H30N2O2S. The molecule has 0 amide bonds. The lowest BCUT2D eigenvalue weighted by Crippen LogP contribution is -2.30. The van der Waals surface area contributed by atoms with Crippen molar-refractivity contribution < 1.29 is 9.15 Å². The fourth-order valence-electron chi connectivity index (χ4n) is 3.18. The zero-order chi connectivity index (χ0) is 17.6. The van der Waals surface area contributed by atoms with Crippen molar-refractivity contribution in [1.29, 1.82) is 0 Å². The summed E-state index contributed by atoms with van der Waals surface area (Å²) in [6, 6.07) is 8.67. The van der Waals surface area contributed by atoms with Gasteiger partial charge in [-0.05, 0) is 64.5 Å². The van der Waals surface area contributed by atoms with Crippen LogP contribution in [-0.2, 0) is 17.8 Å². The van der Waals surface area contributed by atoms with Gasteiger partial charge in [-0.3, -0.25) is 4.90 Å². The standard InChI is InChI=1S/C20H30N2O2S/c1-16-7-9-18(25-16)15-22(12-11-21(2)3)14-17-8-10-20(24-17)19-6-4-5-13-23-19/h7-10,19H,4-6,11-15H2,1-3H3/t19-/m0/s1. The molecule has 3 heterocycles. The lowest BCUT2D eigenvalue weighted by Gasteiger charge is -2.23. The van der Waals surface area contributed by atoms with Gasteiger partial charge >= 0.3 is 0 Å². The van der Waals surface area contributed by atoms with Gasteiger partial charge < -0.3 is 14.1 Å². The molecule has 3 rings (SSSR count). The maximum absolute atomic E-state index is 6.13. The van der Waals surface area contributed by atoms with Crippen molar-refractivity contribution in [3.05, 3.63) is 45.5 Å². The highest BCUT2D eigenvalue weighted by molar-refractivity contribution is 7.11. The van der Waals surface area contributed by atoms with Crippen molar-refractivity contribution in [2.45, 2.75) is 45.4 Å². The maximum Gasteiger partial charge on any atom is 0.133 e. The van der Waals surface area contributed by atoms with Crippen LogP contribution in [0.3, 0.4) is 0 Å². The molecule has 1 aliphatic rings. The Kier molecular flexibility index (Phi) is 6.70. The van der Waals surface area contributed by atoms with Crippen LogP contribution in [0.4, 0.5) is 0 Å². The fraction of sp³-hybridized carbons (Fsp3) is 0.600. The van der Waals surface area contributed by atoms with E-state index in [4.69, 9.17) is 9.15 Å². The summed E-state index contributed by atoms with van der Waals surface area (Å²) < 4.78 is 12.0. The normalized spacial score (nSPS) is 18.4. The first-order valence-corrected chi connectivity index (χ1v) is 10.0. The maximum atomic E-state index is 6.13. The summed E-state index contributed by atoms with van der Waals surface area (Å²) in [5.41, 5.74) is 0. The largest absolute Gasteiger partial charge is 0.462 e. The van der Waals surface area contributed by atoms with E-state index in [0.29, 0.717) is 0 Å². The van der Waals surface area contributed by atoms with Crippen molar-refractivity contribution in [2.75, 3.05) is 33.8 Å². The Morgan fingerprint density at radius 3 is 2.64 bits per heavy atom. The zero-order valence-corrected chi connectivity index (χ0v) is 16.5. The minimum atomic E-state index is 0.151. The molecule has 0 radical (unpaired) electrons. The minimum Gasteiger partial charge on any atom is -0.462 e. The molecule has 2 aromatic heterocycles. The van der Waals surface area contributed by atoms with Crippen LogP contribution < -0.4 is 0 Å². The first-order chi connectivity index (χ1) is 12.1. The van der Waals surface area contributed by atoms with E-state index < -0.39 is 0 Å². The van der Waals surface area contributed by atoms with Gasteiger partial charge in [0.15, 0.2) is 0 Å². The first kappa shape index (κ1) is 18.6. The summed E-state index contributed by atoms with van der Waals surface area (Å²) in [5.74, 6) is 2.03. The van der Waals surface area contributed by atoms with Crippen LogP contribution in [-0.4, -0.2) is 43.6 Å². The topological polar surface area (TPSA) is 28.9 Å². The van der Waals surface area contributed by atoms with Gasteiger partial charge in [-0.15, -0.1) is 11.3 Å². The number of hydrogen-bond donors (Lipinski definition) is 0. The van der Waals surface area contributed by atoms with Gasteiger partial charge in [0.1, 0.15) is 17.6 Å². The molecule has 0 spiro atoms. The number of nitrogens with zero attached hydrogens (tertiary/aromatic N) is 2. The van der Waals surface area contributed by atoms with Crippen LogP contribution >= 0.6 is 11.3 Å². The third-order valence-corrected chi connectivity index (χ3v) is 5.58. The van der Waals surface area contributed by atoms with Crippen LogP contribution in [0.1, 0.15) is 46.6 Å². The number of ether oxygens (including phenoxy) is 1. The summed E-state index contributed by atoms with van der Waals surface area (Å²) in [5, 5.41) is 0. The van der Waals surface area contributed by atoms with Crippen molar-refractivity contribution in [2.24, 2.45) is 0 Å². The van der Waals surface area contributed by atoms with Gasteiger partial charge in [-0.25, -0.2) is 0 Å². The van der Waals surface area contributed by atoms with E-state index in [1.54, 1.807) is 0 Å². The highest BCUT2D eigenvalue weighted by Crippen LogP contribution is 2.29. The molecule has 1 aliphatic heterocycles. The molecule has 0 aliphatic carbocycles. The second-order valence-electron chi connectivity index (χ2n) is 7.19. The highest BCUT2D eigenvalue weighted by atomic mass is 32.1. The SMILES string of the molecule is Cc1ccc(CN(CCN(C)C)Cc2ccc([C@@H]3CCCCO3)o2)s1. The average Bonchev–Trinajstić information content (AvgIpc) is 3.22. The van der Waals surface area contributed by atoms with Gasteiger partial charge in [0.05, 0.1) is 6.54 Å². The van der Waals surface area contributed by atoms with Gasteiger partial charge in [-0.1, -0.05) is 0 Å². The molecule has 5 heteroatoms. The van der Waals surface area contributed by atoms with Crippen molar-refractivity contribution >= 4 is 11.3 Å². The Morgan fingerprint density at radius 2 is 1.96 bits per heavy atom. The first-order valence-electron chi connectivity index (χ1n) is 9.23. The Morgan fingerprint density at radius 1 is 1.08 bits per heavy atom. The predicted molar refractivity (Wildman–Crippen MR) is 103 cm³/mol. The Bertz CT molecular complexity index is 644. The minimum absolute atomic E-state index is 0.151. The number of aryl methyl sites for hydroxylation is 1. The quantitative estimate of drug-likeness (QED) is 0.693. The van der Waals surface area contributed by atoms with Crippen LogP contribution in [0.2, 0.25) is 0 Å². The summed E-state index contributed by atoms with van der Waals surface area (Å²) in [7, 11) is 4.25. The molecule has 0 aromatic carbocycles. The molecule has 0 N–H and O–H groups in total. The molecule has 0 saturated carbocycles. The third-order valence-electron chi connectivity index (χ3n) is 4.60. The van der Waals surface area contributed by atoms with Crippen LogP contribution in [0.25, 0.3) is 0 Å². The predicted octanol–water partition coefficient (Wildman–Crippen LogP) is 4.45. The molecule has 0 unspecified atom stereocenters. The third kappa shape index (κ3) is 5.68. The molecule has 138 valence electrons. The number of thiophene rings is 1. The Hall–Kier alpha value is -1.14. The van der Waals surface area contributed by atoms with E-state index in [1.807, 2.05) is 11.3 Å². The summed E-state index contributed by atoms with van der Waals surface area (Å²) in [6.45, 7) is 6.91. The number of furan rings is 1. The molecular weight excluding hydrogens is 332 g/mol.